The van der Waals surface area contributed by atoms with Crippen molar-refractivity contribution < 1.29 is 30.6 Å². The molecule has 0 aliphatic carbocycles. The number of phenolic OH excluding ortho intramolecular Hbond substituents is 6. The summed E-state index contributed by atoms with van der Waals surface area (Å²) >= 11 is 0. The van der Waals surface area contributed by atoms with Gasteiger partial charge < -0.3 is 30.6 Å². The topological polar surface area (TPSA) is 121 Å². The van der Waals surface area contributed by atoms with Crippen LogP contribution in [0.4, 0.5) is 0 Å². The van der Waals surface area contributed by atoms with Crippen molar-refractivity contribution in [1.29, 1.82) is 0 Å². The van der Waals surface area contributed by atoms with Crippen molar-refractivity contribution in [2.24, 2.45) is 0 Å². The number of rotatable bonds is 0. The maximum atomic E-state index is 9.86. The number of fused-ring (bicyclic) bond motifs is 1. The molecule has 0 bridgehead atoms. The fraction of sp³-hybridized carbons (Fsp3) is 0.167. The van der Waals surface area contributed by atoms with E-state index in [4.69, 9.17) is 0 Å². The van der Waals surface area contributed by atoms with Gasteiger partial charge in [0.1, 0.15) is 11.5 Å². The van der Waals surface area contributed by atoms with Crippen molar-refractivity contribution in [2.45, 2.75) is 13.8 Å². The third kappa shape index (κ3) is 1.22. The summed E-state index contributed by atoms with van der Waals surface area (Å²) in [5.74, 6) is -3.64. The minimum absolute atomic E-state index is 0.0419. The molecule has 6 nitrogen and oxygen atoms in total. The summed E-state index contributed by atoms with van der Waals surface area (Å²) < 4.78 is 0. The molecule has 96 valence electrons. The van der Waals surface area contributed by atoms with Gasteiger partial charge in [0.15, 0.2) is 23.0 Å². The molecule has 2 aromatic rings. The predicted octanol–water partition coefficient (Wildman–Crippen LogP) is 1.69. The third-order valence-corrected chi connectivity index (χ3v) is 3.07. The Balaban J connectivity index is 3.22. The molecule has 6 heteroatoms. The molecule has 0 unspecified atom stereocenters. The van der Waals surface area contributed by atoms with E-state index in [0.717, 1.165) is 0 Å². The van der Waals surface area contributed by atoms with Crippen LogP contribution in [0.1, 0.15) is 11.1 Å². The van der Waals surface area contributed by atoms with Gasteiger partial charge in [-0.15, -0.1) is 0 Å². The first-order chi connectivity index (χ1) is 8.29. The minimum Gasteiger partial charge on any atom is -0.507 e. The highest BCUT2D eigenvalue weighted by Crippen LogP contribution is 2.54. The average molecular weight is 252 g/mol. The molecule has 0 saturated carbocycles. The molecule has 0 fully saturated rings. The molecule has 0 aliphatic rings. The lowest BCUT2D eigenvalue weighted by Gasteiger charge is -2.15. The fourth-order valence-electron chi connectivity index (χ4n) is 1.89. The summed E-state index contributed by atoms with van der Waals surface area (Å²) in [6.07, 6.45) is 0. The molecule has 0 heterocycles. The molecule has 0 aromatic heterocycles. The molecule has 0 spiro atoms. The lowest BCUT2D eigenvalue weighted by molar-refractivity contribution is 0.383. The molecule has 2 rings (SSSR count). The van der Waals surface area contributed by atoms with Gasteiger partial charge in [-0.2, -0.15) is 0 Å². The number of phenols is 6. The Kier molecular flexibility index (Phi) is 2.32. The lowest BCUT2D eigenvalue weighted by Crippen LogP contribution is -1.88. The van der Waals surface area contributed by atoms with E-state index in [1.165, 1.54) is 13.8 Å². The number of benzene rings is 2. The monoisotopic (exact) mass is 252 g/mol. The van der Waals surface area contributed by atoms with Crippen molar-refractivity contribution in [3.63, 3.8) is 0 Å². The molecule has 0 saturated heterocycles. The Hall–Kier alpha value is -2.50. The molecule has 2 aromatic carbocycles. The van der Waals surface area contributed by atoms with Crippen LogP contribution in [0.3, 0.4) is 0 Å². The van der Waals surface area contributed by atoms with Gasteiger partial charge in [0.25, 0.3) is 0 Å². The van der Waals surface area contributed by atoms with Gasteiger partial charge in [-0.05, 0) is 13.8 Å². The van der Waals surface area contributed by atoms with Crippen molar-refractivity contribution in [1.82, 2.24) is 0 Å². The number of hydrogen-bond acceptors (Lipinski definition) is 6. The fourth-order valence-corrected chi connectivity index (χ4v) is 1.89. The Morgan fingerprint density at radius 1 is 0.444 bits per heavy atom. The highest BCUT2D eigenvalue weighted by molar-refractivity contribution is 6.06. The van der Waals surface area contributed by atoms with Crippen LogP contribution in [0.2, 0.25) is 0 Å². The van der Waals surface area contributed by atoms with Crippen LogP contribution in [-0.4, -0.2) is 30.6 Å². The van der Waals surface area contributed by atoms with Crippen LogP contribution in [-0.2, 0) is 0 Å². The van der Waals surface area contributed by atoms with Gasteiger partial charge in [-0.1, -0.05) is 0 Å². The smallest absolute Gasteiger partial charge is 0.170 e. The molecule has 0 radical (unpaired) electrons. The zero-order valence-electron chi connectivity index (χ0n) is 9.68. The van der Waals surface area contributed by atoms with Crippen LogP contribution in [0.5, 0.6) is 34.5 Å². The Morgan fingerprint density at radius 2 is 0.722 bits per heavy atom. The number of hydrogen-bond donors (Lipinski definition) is 6. The second-order valence-electron chi connectivity index (χ2n) is 4.09. The maximum absolute atomic E-state index is 9.86. The first-order valence-corrected chi connectivity index (χ1v) is 5.09. The summed E-state index contributed by atoms with van der Waals surface area (Å²) in [7, 11) is 0. The zero-order chi connectivity index (χ0) is 13.8. The zero-order valence-corrected chi connectivity index (χ0v) is 9.68. The van der Waals surface area contributed by atoms with E-state index >= 15 is 0 Å². The third-order valence-electron chi connectivity index (χ3n) is 3.07. The summed E-state index contributed by atoms with van der Waals surface area (Å²) in [5.41, 5.74) is -0.0837. The molecule has 0 atom stereocenters. The van der Waals surface area contributed by atoms with Crippen LogP contribution < -0.4 is 0 Å². The van der Waals surface area contributed by atoms with Gasteiger partial charge in [-0.3, -0.25) is 0 Å². The van der Waals surface area contributed by atoms with Gasteiger partial charge in [0, 0.05) is 11.1 Å². The second kappa shape index (κ2) is 3.49. The van der Waals surface area contributed by atoms with Gasteiger partial charge in [0.05, 0.1) is 10.8 Å². The van der Waals surface area contributed by atoms with E-state index in [2.05, 4.69) is 0 Å². The summed E-state index contributed by atoms with van der Waals surface area (Å²) in [6.45, 7) is 2.67. The van der Waals surface area contributed by atoms with Gasteiger partial charge in [-0.25, -0.2) is 0 Å². The van der Waals surface area contributed by atoms with Crippen LogP contribution in [0.15, 0.2) is 0 Å². The maximum Gasteiger partial charge on any atom is 0.170 e. The predicted molar refractivity (Wildman–Crippen MR) is 63.4 cm³/mol. The molecular weight excluding hydrogens is 240 g/mol. The molecule has 0 aliphatic heterocycles. The SMILES string of the molecule is Cc1c(O)c(O)c2c(O)c(O)c(C)c(O)c2c1O. The summed E-state index contributed by atoms with van der Waals surface area (Å²) in [4.78, 5) is 0. The van der Waals surface area contributed by atoms with Crippen LogP contribution >= 0.6 is 0 Å². The largest absolute Gasteiger partial charge is 0.507 e. The van der Waals surface area contributed by atoms with E-state index in [9.17, 15) is 30.6 Å². The van der Waals surface area contributed by atoms with Crippen molar-refractivity contribution >= 4 is 10.8 Å². The number of aromatic hydroxyl groups is 6. The van der Waals surface area contributed by atoms with Crippen molar-refractivity contribution in [3.8, 4) is 34.5 Å². The van der Waals surface area contributed by atoms with Crippen LogP contribution in [0.25, 0.3) is 10.8 Å². The first kappa shape index (κ1) is 12.0. The van der Waals surface area contributed by atoms with Crippen molar-refractivity contribution in [2.75, 3.05) is 0 Å². The Morgan fingerprint density at radius 3 is 1.06 bits per heavy atom. The normalized spacial score (nSPS) is 11.0. The van der Waals surface area contributed by atoms with E-state index in [1.807, 2.05) is 0 Å². The molecule has 18 heavy (non-hydrogen) atoms. The highest BCUT2D eigenvalue weighted by atomic mass is 16.3. The standard InChI is InChI=1S/C12H12O6/c1-3-7(13)5-6(11(17)9(3)15)12(18)10(16)4(2)8(5)14/h13-18H,1-2H3. The van der Waals surface area contributed by atoms with Crippen LogP contribution in [0, 0.1) is 13.8 Å². The van der Waals surface area contributed by atoms with E-state index in [-0.39, 0.29) is 16.5 Å². The molecule has 6 N–H and O–H groups in total. The average Bonchev–Trinajstić information content (AvgIpc) is 2.35. The summed E-state index contributed by atoms with van der Waals surface area (Å²) in [5, 5.41) is 57.7. The van der Waals surface area contributed by atoms with Crippen molar-refractivity contribution in [3.05, 3.63) is 11.1 Å². The van der Waals surface area contributed by atoms with E-state index in [1.54, 1.807) is 0 Å². The summed E-state index contributed by atoms with van der Waals surface area (Å²) in [6, 6.07) is 0. The van der Waals surface area contributed by atoms with E-state index in [0.29, 0.717) is 0 Å². The highest BCUT2D eigenvalue weighted by Gasteiger charge is 2.25. The molecular formula is C12H12O6. The Bertz CT molecular complexity index is 562. The first-order valence-electron chi connectivity index (χ1n) is 5.09. The minimum atomic E-state index is -0.719. The second-order valence-corrected chi connectivity index (χ2v) is 4.09. The Labute approximate surface area is 102 Å². The lowest BCUT2D eigenvalue weighted by atomic mass is 9.98. The quantitative estimate of drug-likeness (QED) is 0.313. The van der Waals surface area contributed by atoms with E-state index < -0.39 is 39.9 Å². The van der Waals surface area contributed by atoms with Gasteiger partial charge in [0.2, 0.25) is 0 Å². The van der Waals surface area contributed by atoms with Gasteiger partial charge >= 0.3 is 0 Å². The molecule has 0 amide bonds.